The van der Waals surface area contributed by atoms with Crippen molar-refractivity contribution in [1.82, 2.24) is 4.98 Å². The number of hydrogen-bond donors (Lipinski definition) is 0. The number of nitrogens with zero attached hydrogens (tertiary/aromatic N) is 1. The van der Waals surface area contributed by atoms with Crippen LogP contribution in [0.5, 0.6) is 5.75 Å². The van der Waals surface area contributed by atoms with E-state index in [2.05, 4.69) is 37.0 Å². The molecule has 3 heteroatoms. The average Bonchev–Trinajstić information content (AvgIpc) is 2.88. The van der Waals surface area contributed by atoms with Crippen LogP contribution in [0, 0.1) is 0 Å². The molecule has 0 saturated heterocycles. The van der Waals surface area contributed by atoms with E-state index in [0.29, 0.717) is 12.5 Å². The molecule has 0 saturated carbocycles. The van der Waals surface area contributed by atoms with Crippen LogP contribution in [0.3, 0.4) is 0 Å². The van der Waals surface area contributed by atoms with Crippen molar-refractivity contribution >= 4 is 21.6 Å². The molecule has 3 rings (SSSR count). The molecule has 3 aromatic rings. The van der Waals surface area contributed by atoms with Gasteiger partial charge in [-0.05, 0) is 29.7 Å². The third-order valence-electron chi connectivity index (χ3n) is 3.23. The standard InChI is InChI=1S/C17H17NOS/c1-12(2)13-7-3-5-9-15(13)19-11-17-18-14-8-4-6-10-16(14)20-17/h3-10,12H,11H2,1-2H3. The monoisotopic (exact) mass is 283 g/mol. The van der Waals surface area contributed by atoms with Crippen molar-refractivity contribution in [3.8, 4) is 5.75 Å². The molecule has 20 heavy (non-hydrogen) atoms. The summed E-state index contributed by atoms with van der Waals surface area (Å²) < 4.78 is 7.17. The fourth-order valence-corrected chi connectivity index (χ4v) is 3.09. The van der Waals surface area contributed by atoms with Gasteiger partial charge in [0.2, 0.25) is 0 Å². The number of para-hydroxylation sites is 2. The molecule has 0 bridgehead atoms. The second kappa shape index (κ2) is 5.63. The molecule has 0 spiro atoms. The molecule has 0 unspecified atom stereocenters. The Morgan fingerprint density at radius 3 is 2.60 bits per heavy atom. The van der Waals surface area contributed by atoms with E-state index in [1.54, 1.807) is 11.3 Å². The fourth-order valence-electron chi connectivity index (χ4n) is 2.21. The molecule has 102 valence electrons. The first-order valence-electron chi connectivity index (χ1n) is 6.80. The predicted molar refractivity (Wildman–Crippen MR) is 84.5 cm³/mol. The van der Waals surface area contributed by atoms with Gasteiger partial charge in [0, 0.05) is 0 Å². The maximum Gasteiger partial charge on any atom is 0.140 e. The van der Waals surface area contributed by atoms with Gasteiger partial charge >= 0.3 is 0 Å². The number of rotatable bonds is 4. The highest BCUT2D eigenvalue weighted by Crippen LogP contribution is 2.28. The zero-order chi connectivity index (χ0) is 13.9. The van der Waals surface area contributed by atoms with Gasteiger partial charge in [-0.15, -0.1) is 11.3 Å². The number of thiazole rings is 1. The third-order valence-corrected chi connectivity index (χ3v) is 4.24. The van der Waals surface area contributed by atoms with Crippen LogP contribution in [-0.2, 0) is 6.61 Å². The normalized spacial score (nSPS) is 11.2. The maximum atomic E-state index is 5.96. The molecule has 0 aliphatic rings. The molecule has 0 radical (unpaired) electrons. The second-order valence-electron chi connectivity index (χ2n) is 5.06. The van der Waals surface area contributed by atoms with Crippen LogP contribution in [-0.4, -0.2) is 4.98 Å². The first-order valence-corrected chi connectivity index (χ1v) is 7.62. The number of hydrogen-bond acceptors (Lipinski definition) is 3. The van der Waals surface area contributed by atoms with Crippen molar-refractivity contribution in [2.75, 3.05) is 0 Å². The van der Waals surface area contributed by atoms with Gasteiger partial charge in [0.15, 0.2) is 0 Å². The minimum Gasteiger partial charge on any atom is -0.486 e. The van der Waals surface area contributed by atoms with Gasteiger partial charge in [-0.1, -0.05) is 44.2 Å². The lowest BCUT2D eigenvalue weighted by molar-refractivity contribution is 0.301. The van der Waals surface area contributed by atoms with Gasteiger partial charge in [-0.25, -0.2) is 4.98 Å². The Bertz CT molecular complexity index is 685. The molecule has 0 aliphatic heterocycles. The Morgan fingerprint density at radius 2 is 1.80 bits per heavy atom. The van der Waals surface area contributed by atoms with Crippen LogP contribution < -0.4 is 4.74 Å². The van der Waals surface area contributed by atoms with E-state index in [-0.39, 0.29) is 0 Å². The number of aromatic nitrogens is 1. The molecule has 1 heterocycles. The van der Waals surface area contributed by atoms with E-state index in [4.69, 9.17) is 4.74 Å². The minimum absolute atomic E-state index is 0.460. The fraction of sp³-hybridized carbons (Fsp3) is 0.235. The molecule has 2 nitrogen and oxygen atoms in total. The summed E-state index contributed by atoms with van der Waals surface area (Å²) in [6, 6.07) is 16.4. The molecule has 0 N–H and O–H groups in total. The van der Waals surface area contributed by atoms with Gasteiger partial charge < -0.3 is 4.74 Å². The Morgan fingerprint density at radius 1 is 1.05 bits per heavy atom. The van der Waals surface area contributed by atoms with Gasteiger partial charge in [-0.2, -0.15) is 0 Å². The molecule has 2 aromatic carbocycles. The van der Waals surface area contributed by atoms with E-state index in [0.717, 1.165) is 16.3 Å². The van der Waals surface area contributed by atoms with Crippen LogP contribution in [0.1, 0.15) is 30.3 Å². The summed E-state index contributed by atoms with van der Waals surface area (Å²) in [7, 11) is 0. The van der Waals surface area contributed by atoms with Gasteiger partial charge in [0.05, 0.1) is 10.2 Å². The maximum absolute atomic E-state index is 5.96. The van der Waals surface area contributed by atoms with E-state index < -0.39 is 0 Å². The summed E-state index contributed by atoms with van der Waals surface area (Å²) in [5, 5.41) is 1.02. The molecule has 1 aromatic heterocycles. The van der Waals surface area contributed by atoms with Crippen LogP contribution in [0.2, 0.25) is 0 Å². The van der Waals surface area contributed by atoms with Crippen LogP contribution in [0.15, 0.2) is 48.5 Å². The predicted octanol–water partition coefficient (Wildman–Crippen LogP) is 5.00. The van der Waals surface area contributed by atoms with Crippen molar-refractivity contribution < 1.29 is 4.74 Å². The van der Waals surface area contributed by atoms with Crippen molar-refractivity contribution in [1.29, 1.82) is 0 Å². The summed E-state index contributed by atoms with van der Waals surface area (Å²) >= 11 is 1.69. The SMILES string of the molecule is CC(C)c1ccccc1OCc1nc2ccccc2s1. The smallest absolute Gasteiger partial charge is 0.140 e. The summed E-state index contributed by atoms with van der Waals surface area (Å²) in [6.45, 7) is 4.89. The number of ether oxygens (including phenoxy) is 1. The minimum atomic E-state index is 0.460. The van der Waals surface area contributed by atoms with E-state index in [1.807, 2.05) is 30.3 Å². The molecular weight excluding hydrogens is 266 g/mol. The highest BCUT2D eigenvalue weighted by molar-refractivity contribution is 7.18. The summed E-state index contributed by atoms with van der Waals surface area (Å²) in [5.41, 5.74) is 2.29. The zero-order valence-electron chi connectivity index (χ0n) is 11.7. The van der Waals surface area contributed by atoms with E-state index in [1.165, 1.54) is 10.3 Å². The first-order chi connectivity index (χ1) is 9.74. The highest BCUT2D eigenvalue weighted by atomic mass is 32.1. The lowest BCUT2D eigenvalue weighted by Gasteiger charge is -2.12. The molecular formula is C17H17NOS. The summed E-state index contributed by atoms with van der Waals surface area (Å²) in [4.78, 5) is 4.60. The lowest BCUT2D eigenvalue weighted by atomic mass is 10.0. The Balaban J connectivity index is 1.79. The van der Waals surface area contributed by atoms with Crippen molar-refractivity contribution in [2.24, 2.45) is 0 Å². The quantitative estimate of drug-likeness (QED) is 0.672. The van der Waals surface area contributed by atoms with Crippen LogP contribution in [0.4, 0.5) is 0 Å². The Kier molecular flexibility index (Phi) is 3.70. The Labute approximate surface area is 123 Å². The lowest BCUT2D eigenvalue weighted by Crippen LogP contribution is -1.99. The van der Waals surface area contributed by atoms with Gasteiger partial charge in [0.25, 0.3) is 0 Å². The third kappa shape index (κ3) is 2.68. The van der Waals surface area contributed by atoms with Gasteiger partial charge in [0.1, 0.15) is 17.4 Å². The largest absolute Gasteiger partial charge is 0.486 e. The molecule has 0 aliphatic carbocycles. The van der Waals surface area contributed by atoms with E-state index >= 15 is 0 Å². The molecule has 0 fully saturated rings. The van der Waals surface area contributed by atoms with Crippen LogP contribution in [0.25, 0.3) is 10.2 Å². The second-order valence-corrected chi connectivity index (χ2v) is 6.17. The van der Waals surface area contributed by atoms with Crippen molar-refractivity contribution in [3.05, 3.63) is 59.1 Å². The van der Waals surface area contributed by atoms with Crippen LogP contribution >= 0.6 is 11.3 Å². The van der Waals surface area contributed by atoms with E-state index in [9.17, 15) is 0 Å². The number of fused-ring (bicyclic) bond motifs is 1. The first kappa shape index (κ1) is 13.1. The summed E-state index contributed by atoms with van der Waals surface area (Å²) in [5.74, 6) is 1.42. The average molecular weight is 283 g/mol. The Hall–Kier alpha value is -1.87. The highest BCUT2D eigenvalue weighted by Gasteiger charge is 2.08. The van der Waals surface area contributed by atoms with Crippen molar-refractivity contribution in [3.63, 3.8) is 0 Å². The molecule has 0 amide bonds. The van der Waals surface area contributed by atoms with Crippen molar-refractivity contribution in [2.45, 2.75) is 26.4 Å². The summed E-state index contributed by atoms with van der Waals surface area (Å²) in [6.07, 6.45) is 0. The zero-order valence-corrected chi connectivity index (χ0v) is 12.5. The topological polar surface area (TPSA) is 22.1 Å². The van der Waals surface area contributed by atoms with Gasteiger partial charge in [-0.3, -0.25) is 0 Å². The molecule has 0 atom stereocenters. The number of benzene rings is 2.